The maximum Gasteiger partial charge on any atom is 0.0568 e. The Morgan fingerprint density at radius 2 is 1.12 bits per heavy atom. The maximum absolute atomic E-state index is 3.84. The fraction of sp³-hybridized carbons (Fsp3) is 0.217. The zero-order valence-corrected chi connectivity index (χ0v) is 14.5. The largest absolute Gasteiger partial charge is 0.377 e. The first kappa shape index (κ1) is 15.0. The first-order chi connectivity index (χ1) is 11.6. The van der Waals surface area contributed by atoms with Crippen molar-refractivity contribution in [1.29, 1.82) is 0 Å². The van der Waals surface area contributed by atoms with Crippen molar-refractivity contribution in [1.82, 2.24) is 0 Å². The van der Waals surface area contributed by atoms with Gasteiger partial charge in [0, 0.05) is 11.3 Å². The highest BCUT2D eigenvalue weighted by Crippen LogP contribution is 2.46. The highest BCUT2D eigenvalue weighted by molar-refractivity contribution is 5.91. The Morgan fingerprint density at radius 3 is 1.79 bits per heavy atom. The minimum atomic E-state index is 0.107. The van der Waals surface area contributed by atoms with E-state index in [0.29, 0.717) is 0 Å². The summed E-state index contributed by atoms with van der Waals surface area (Å²) in [6, 6.07) is 26.4. The van der Waals surface area contributed by atoms with Crippen LogP contribution in [0.4, 0.5) is 5.69 Å². The van der Waals surface area contributed by atoms with Crippen molar-refractivity contribution >= 4 is 5.69 Å². The minimum absolute atomic E-state index is 0.107. The summed E-state index contributed by atoms with van der Waals surface area (Å²) in [6.07, 6.45) is 0. The molecule has 0 amide bonds. The molecule has 0 aromatic heterocycles. The molecule has 1 heteroatoms. The van der Waals surface area contributed by atoms with Gasteiger partial charge in [-0.2, -0.15) is 0 Å². The molecule has 1 heterocycles. The Morgan fingerprint density at radius 1 is 0.625 bits per heavy atom. The third-order valence-electron chi connectivity index (χ3n) is 4.87. The van der Waals surface area contributed by atoms with Gasteiger partial charge in [-0.05, 0) is 33.7 Å². The van der Waals surface area contributed by atoms with Gasteiger partial charge in [-0.15, -0.1) is 0 Å². The molecule has 1 atom stereocenters. The maximum atomic E-state index is 3.84. The summed E-state index contributed by atoms with van der Waals surface area (Å²) < 4.78 is 0. The first-order valence-corrected chi connectivity index (χ1v) is 8.60. The third-order valence-corrected chi connectivity index (χ3v) is 4.87. The van der Waals surface area contributed by atoms with E-state index in [2.05, 4.69) is 98.9 Å². The lowest BCUT2D eigenvalue weighted by Crippen LogP contribution is -2.27. The molecule has 0 radical (unpaired) electrons. The molecule has 0 saturated heterocycles. The van der Waals surface area contributed by atoms with Gasteiger partial charge in [0.05, 0.1) is 6.04 Å². The summed E-state index contributed by atoms with van der Waals surface area (Å²) in [5.41, 5.74) is 7.89. The predicted octanol–water partition coefficient (Wildman–Crippen LogP) is 6.53. The van der Waals surface area contributed by atoms with Crippen LogP contribution in [-0.2, 0) is 0 Å². The predicted molar refractivity (Wildman–Crippen MR) is 103 cm³/mol. The van der Waals surface area contributed by atoms with Crippen molar-refractivity contribution in [2.75, 3.05) is 5.32 Å². The van der Waals surface area contributed by atoms with Gasteiger partial charge in [0.2, 0.25) is 0 Å². The molecule has 0 bridgehead atoms. The fourth-order valence-corrected chi connectivity index (χ4v) is 3.71. The fourth-order valence-electron chi connectivity index (χ4n) is 3.71. The van der Waals surface area contributed by atoms with Gasteiger partial charge in [0.25, 0.3) is 0 Å². The third kappa shape index (κ3) is 2.41. The normalized spacial score (nSPS) is 16.0. The number of para-hydroxylation sites is 1. The molecular formula is C23H23N. The van der Waals surface area contributed by atoms with Crippen molar-refractivity contribution in [3.05, 3.63) is 78.4 Å². The van der Waals surface area contributed by atoms with Crippen molar-refractivity contribution in [2.24, 2.45) is 5.41 Å². The quantitative estimate of drug-likeness (QED) is 0.497. The summed E-state index contributed by atoms with van der Waals surface area (Å²) in [5, 5.41) is 3.84. The molecule has 24 heavy (non-hydrogen) atoms. The average molecular weight is 313 g/mol. The van der Waals surface area contributed by atoms with E-state index in [1.807, 2.05) is 0 Å². The number of hydrogen-bond acceptors (Lipinski definition) is 1. The summed E-state index contributed by atoms with van der Waals surface area (Å²) in [4.78, 5) is 0. The van der Waals surface area contributed by atoms with Crippen LogP contribution in [0.15, 0.2) is 72.8 Å². The molecular weight excluding hydrogens is 290 g/mol. The average Bonchev–Trinajstić information content (AvgIpc) is 2.58. The summed E-state index contributed by atoms with van der Waals surface area (Å²) in [5.74, 6) is 0. The SMILES string of the molecule is CC(C)(C)[C@H]1Nc2ccccc2-c2ccccc2-c2ccccc21. The standard InChI is InChI=1S/C23H23N/c1-23(2,3)22-20-14-7-6-12-18(20)16-10-4-5-11-17(16)19-13-8-9-15-21(19)24-22/h4-15,22,24H,1-3H3/t22-/m0/s1. The van der Waals surface area contributed by atoms with Crippen LogP contribution in [0.25, 0.3) is 22.3 Å². The second-order valence-corrected chi connectivity index (χ2v) is 7.62. The van der Waals surface area contributed by atoms with Crippen LogP contribution in [-0.4, -0.2) is 0 Å². The minimum Gasteiger partial charge on any atom is -0.377 e. The number of hydrogen-bond donors (Lipinski definition) is 1. The molecule has 0 spiro atoms. The Kier molecular flexibility index (Phi) is 3.45. The smallest absolute Gasteiger partial charge is 0.0568 e. The molecule has 1 nitrogen and oxygen atoms in total. The second kappa shape index (κ2) is 5.52. The van der Waals surface area contributed by atoms with Crippen molar-refractivity contribution < 1.29 is 0 Å². The second-order valence-electron chi connectivity index (χ2n) is 7.62. The topological polar surface area (TPSA) is 12.0 Å². The van der Waals surface area contributed by atoms with E-state index >= 15 is 0 Å². The van der Waals surface area contributed by atoms with Crippen LogP contribution < -0.4 is 5.32 Å². The molecule has 1 N–H and O–H groups in total. The highest BCUT2D eigenvalue weighted by Gasteiger charge is 2.31. The number of anilines is 1. The Hall–Kier alpha value is -2.54. The van der Waals surface area contributed by atoms with E-state index in [-0.39, 0.29) is 11.5 Å². The Labute approximate surface area is 144 Å². The van der Waals surface area contributed by atoms with Gasteiger partial charge < -0.3 is 5.32 Å². The summed E-state index contributed by atoms with van der Waals surface area (Å²) >= 11 is 0. The highest BCUT2D eigenvalue weighted by atomic mass is 14.9. The number of benzene rings is 3. The molecule has 0 saturated carbocycles. The van der Waals surface area contributed by atoms with Crippen LogP contribution in [0, 0.1) is 5.41 Å². The van der Waals surface area contributed by atoms with Gasteiger partial charge in [0.1, 0.15) is 0 Å². The van der Waals surface area contributed by atoms with Gasteiger partial charge in [-0.3, -0.25) is 0 Å². The summed E-state index contributed by atoms with van der Waals surface area (Å²) in [7, 11) is 0. The van der Waals surface area contributed by atoms with Gasteiger partial charge in [-0.25, -0.2) is 0 Å². The monoisotopic (exact) mass is 313 g/mol. The van der Waals surface area contributed by atoms with Crippen LogP contribution >= 0.6 is 0 Å². The van der Waals surface area contributed by atoms with Crippen molar-refractivity contribution in [3.8, 4) is 22.3 Å². The molecule has 4 rings (SSSR count). The zero-order chi connectivity index (χ0) is 16.7. The molecule has 3 aromatic rings. The van der Waals surface area contributed by atoms with E-state index in [9.17, 15) is 0 Å². The molecule has 1 aliphatic heterocycles. The van der Waals surface area contributed by atoms with Gasteiger partial charge in [-0.1, -0.05) is 87.5 Å². The van der Waals surface area contributed by atoms with Gasteiger partial charge >= 0.3 is 0 Å². The first-order valence-electron chi connectivity index (χ1n) is 8.60. The van der Waals surface area contributed by atoms with Crippen LogP contribution in [0.1, 0.15) is 32.4 Å². The molecule has 3 aromatic carbocycles. The van der Waals surface area contributed by atoms with Crippen LogP contribution in [0.2, 0.25) is 0 Å². The zero-order valence-electron chi connectivity index (χ0n) is 14.5. The molecule has 0 unspecified atom stereocenters. The number of nitrogens with one attached hydrogen (secondary N) is 1. The Balaban J connectivity index is 2.09. The lowest BCUT2D eigenvalue weighted by atomic mass is 9.77. The Bertz CT molecular complexity index is 886. The molecule has 0 aliphatic carbocycles. The molecule has 1 aliphatic rings. The van der Waals surface area contributed by atoms with E-state index < -0.39 is 0 Å². The number of rotatable bonds is 0. The molecule has 0 fully saturated rings. The summed E-state index contributed by atoms with van der Waals surface area (Å²) in [6.45, 7) is 6.91. The van der Waals surface area contributed by atoms with Crippen molar-refractivity contribution in [3.63, 3.8) is 0 Å². The molecule has 120 valence electrons. The van der Waals surface area contributed by atoms with Gasteiger partial charge in [0.15, 0.2) is 0 Å². The van der Waals surface area contributed by atoms with E-state index in [0.717, 1.165) is 0 Å². The lowest BCUT2D eigenvalue weighted by molar-refractivity contribution is 0.348. The van der Waals surface area contributed by atoms with E-state index in [1.165, 1.54) is 33.5 Å². The number of fused-ring (bicyclic) bond motifs is 5. The lowest BCUT2D eigenvalue weighted by Gasteiger charge is -2.36. The van der Waals surface area contributed by atoms with E-state index in [4.69, 9.17) is 0 Å². The van der Waals surface area contributed by atoms with Crippen molar-refractivity contribution in [2.45, 2.75) is 26.8 Å². The van der Waals surface area contributed by atoms with Crippen LogP contribution in [0.5, 0.6) is 0 Å². The van der Waals surface area contributed by atoms with E-state index in [1.54, 1.807) is 0 Å². The van der Waals surface area contributed by atoms with Crippen LogP contribution in [0.3, 0.4) is 0 Å².